The van der Waals surface area contributed by atoms with Gasteiger partial charge in [-0.3, -0.25) is 0 Å². The molecular formula is C18H18ClF3N2O. The molecule has 0 amide bonds. The summed E-state index contributed by atoms with van der Waals surface area (Å²) in [6.45, 7) is 2.20. The van der Waals surface area contributed by atoms with Crippen LogP contribution in [0, 0.1) is 0 Å². The van der Waals surface area contributed by atoms with Crippen LogP contribution in [0.2, 0.25) is 5.02 Å². The maximum Gasteiger partial charge on any atom is 0.418 e. The van der Waals surface area contributed by atoms with Gasteiger partial charge in [0.1, 0.15) is 5.75 Å². The molecule has 0 aromatic heterocycles. The molecule has 0 atom stereocenters. The molecule has 0 saturated carbocycles. The number of nitrogens with zero attached hydrogens (tertiary/aromatic N) is 2. The summed E-state index contributed by atoms with van der Waals surface area (Å²) in [5.74, 6) is 0.762. The average Bonchev–Trinajstić information content (AvgIpc) is 2.61. The van der Waals surface area contributed by atoms with Gasteiger partial charge in [-0.25, -0.2) is 0 Å². The first-order chi connectivity index (χ1) is 11.9. The molecule has 0 spiro atoms. The fraction of sp³-hybridized carbons (Fsp3) is 0.333. The molecule has 0 aliphatic carbocycles. The third kappa shape index (κ3) is 3.79. The molecule has 1 heterocycles. The maximum atomic E-state index is 13.3. The lowest BCUT2D eigenvalue weighted by Crippen LogP contribution is -2.47. The molecule has 0 N–H and O–H groups in total. The highest BCUT2D eigenvalue weighted by Crippen LogP contribution is 2.39. The Bertz CT molecular complexity index is 743. The number of para-hydroxylation sites is 2. The van der Waals surface area contributed by atoms with Crippen molar-refractivity contribution in [1.82, 2.24) is 0 Å². The third-order valence-electron chi connectivity index (χ3n) is 4.31. The zero-order valence-electron chi connectivity index (χ0n) is 13.7. The van der Waals surface area contributed by atoms with Crippen LogP contribution in [0.3, 0.4) is 0 Å². The monoisotopic (exact) mass is 370 g/mol. The van der Waals surface area contributed by atoms with Gasteiger partial charge in [-0.05, 0) is 30.3 Å². The summed E-state index contributed by atoms with van der Waals surface area (Å²) in [6.07, 6.45) is -4.43. The van der Waals surface area contributed by atoms with Crippen LogP contribution < -0.4 is 14.5 Å². The van der Waals surface area contributed by atoms with E-state index in [0.717, 1.165) is 17.5 Å². The molecule has 1 fully saturated rings. The van der Waals surface area contributed by atoms with Gasteiger partial charge >= 0.3 is 6.18 Å². The van der Waals surface area contributed by atoms with Gasteiger partial charge in [0.15, 0.2) is 0 Å². The van der Waals surface area contributed by atoms with E-state index in [2.05, 4.69) is 4.90 Å². The van der Waals surface area contributed by atoms with Gasteiger partial charge in [0.2, 0.25) is 0 Å². The van der Waals surface area contributed by atoms with Crippen molar-refractivity contribution in [1.29, 1.82) is 0 Å². The lowest BCUT2D eigenvalue weighted by atomic mass is 10.1. The SMILES string of the molecule is COc1ccccc1N1CCN(c2ccc(Cl)cc2C(F)(F)F)CC1. The Morgan fingerprint density at radius 1 is 0.920 bits per heavy atom. The van der Waals surface area contributed by atoms with E-state index in [9.17, 15) is 13.2 Å². The fourth-order valence-electron chi connectivity index (χ4n) is 3.09. The van der Waals surface area contributed by atoms with Gasteiger partial charge in [-0.1, -0.05) is 23.7 Å². The minimum absolute atomic E-state index is 0.0868. The molecule has 1 aliphatic rings. The summed E-state index contributed by atoms with van der Waals surface area (Å²) >= 11 is 5.76. The van der Waals surface area contributed by atoms with E-state index in [4.69, 9.17) is 16.3 Å². The highest BCUT2D eigenvalue weighted by atomic mass is 35.5. The second-order valence-electron chi connectivity index (χ2n) is 5.81. The van der Waals surface area contributed by atoms with Crippen molar-refractivity contribution in [2.24, 2.45) is 0 Å². The summed E-state index contributed by atoms with van der Waals surface area (Å²) in [5.41, 5.74) is 0.444. The number of piperazine rings is 1. The predicted molar refractivity (Wildman–Crippen MR) is 93.9 cm³/mol. The van der Waals surface area contributed by atoms with E-state index in [1.807, 2.05) is 24.3 Å². The zero-order valence-corrected chi connectivity index (χ0v) is 14.4. The van der Waals surface area contributed by atoms with Crippen molar-refractivity contribution in [3.05, 3.63) is 53.1 Å². The topological polar surface area (TPSA) is 15.7 Å². The van der Waals surface area contributed by atoms with Crippen LogP contribution in [0.25, 0.3) is 0 Å². The number of hydrogen-bond acceptors (Lipinski definition) is 3. The first-order valence-corrected chi connectivity index (χ1v) is 8.27. The number of methoxy groups -OCH3 is 1. The van der Waals surface area contributed by atoms with Gasteiger partial charge in [0.05, 0.1) is 18.4 Å². The largest absolute Gasteiger partial charge is 0.495 e. The molecule has 1 saturated heterocycles. The van der Waals surface area contributed by atoms with Crippen molar-refractivity contribution in [3.63, 3.8) is 0 Å². The van der Waals surface area contributed by atoms with Crippen LogP contribution in [0.5, 0.6) is 5.75 Å². The van der Waals surface area contributed by atoms with Crippen molar-refractivity contribution in [3.8, 4) is 5.75 Å². The summed E-state index contributed by atoms with van der Waals surface area (Å²) in [7, 11) is 1.61. The summed E-state index contributed by atoms with van der Waals surface area (Å²) in [5, 5.41) is 0.0868. The Morgan fingerprint density at radius 2 is 1.52 bits per heavy atom. The number of rotatable bonds is 3. The Balaban J connectivity index is 1.79. The second-order valence-corrected chi connectivity index (χ2v) is 6.24. The standard InChI is InChI=1S/C18H18ClF3N2O/c1-25-17-5-3-2-4-16(17)24-10-8-23(9-11-24)15-7-6-13(19)12-14(15)18(20,21)22/h2-7,12H,8-11H2,1H3. The highest BCUT2D eigenvalue weighted by Gasteiger charge is 2.35. The molecule has 0 radical (unpaired) electrons. The summed E-state index contributed by atoms with van der Waals surface area (Å²) in [4.78, 5) is 3.88. The Morgan fingerprint density at radius 3 is 2.12 bits per heavy atom. The Hall–Kier alpha value is -2.08. The van der Waals surface area contributed by atoms with E-state index in [1.54, 1.807) is 12.0 Å². The van der Waals surface area contributed by atoms with Gasteiger partial charge in [0.25, 0.3) is 0 Å². The third-order valence-corrected chi connectivity index (χ3v) is 4.55. The number of benzene rings is 2. The van der Waals surface area contributed by atoms with Crippen LogP contribution >= 0.6 is 11.6 Å². The summed E-state index contributed by atoms with van der Waals surface area (Å²) < 4.78 is 45.3. The first-order valence-electron chi connectivity index (χ1n) is 7.90. The zero-order chi connectivity index (χ0) is 18.0. The van der Waals surface area contributed by atoms with E-state index in [1.165, 1.54) is 12.1 Å². The van der Waals surface area contributed by atoms with Gasteiger partial charge < -0.3 is 14.5 Å². The average molecular weight is 371 g/mol. The van der Waals surface area contributed by atoms with Crippen molar-refractivity contribution in [2.75, 3.05) is 43.1 Å². The minimum Gasteiger partial charge on any atom is -0.495 e. The first kappa shape index (κ1) is 17.7. The van der Waals surface area contributed by atoms with Crippen LogP contribution in [0.1, 0.15) is 5.56 Å². The maximum absolute atomic E-state index is 13.3. The number of anilines is 2. The van der Waals surface area contributed by atoms with E-state index >= 15 is 0 Å². The Labute approximate surface area is 149 Å². The number of halogens is 4. The predicted octanol–water partition coefficient (Wildman–Crippen LogP) is 4.69. The van der Waals surface area contributed by atoms with Crippen LogP contribution in [-0.4, -0.2) is 33.3 Å². The normalized spacial score (nSPS) is 15.4. The van der Waals surface area contributed by atoms with Crippen LogP contribution in [-0.2, 0) is 6.18 Å². The van der Waals surface area contributed by atoms with Crippen molar-refractivity contribution >= 4 is 23.0 Å². The van der Waals surface area contributed by atoms with Crippen LogP contribution in [0.4, 0.5) is 24.5 Å². The van der Waals surface area contributed by atoms with E-state index in [0.29, 0.717) is 26.2 Å². The van der Waals surface area contributed by atoms with Gasteiger partial charge in [-0.2, -0.15) is 13.2 Å². The lowest BCUT2D eigenvalue weighted by molar-refractivity contribution is -0.137. The van der Waals surface area contributed by atoms with E-state index < -0.39 is 11.7 Å². The molecule has 3 rings (SSSR count). The quantitative estimate of drug-likeness (QED) is 0.779. The molecule has 0 unspecified atom stereocenters. The smallest absolute Gasteiger partial charge is 0.418 e. The molecular weight excluding hydrogens is 353 g/mol. The number of alkyl halides is 3. The molecule has 7 heteroatoms. The lowest BCUT2D eigenvalue weighted by Gasteiger charge is -2.38. The van der Waals surface area contributed by atoms with Gasteiger partial charge in [-0.15, -0.1) is 0 Å². The molecule has 0 bridgehead atoms. The second kappa shape index (κ2) is 7.04. The molecule has 25 heavy (non-hydrogen) atoms. The Kier molecular flexibility index (Phi) is 4.99. The molecule has 2 aromatic rings. The fourth-order valence-corrected chi connectivity index (χ4v) is 3.26. The highest BCUT2D eigenvalue weighted by molar-refractivity contribution is 6.30. The minimum atomic E-state index is -4.43. The molecule has 3 nitrogen and oxygen atoms in total. The number of hydrogen-bond donors (Lipinski definition) is 0. The van der Waals surface area contributed by atoms with E-state index in [-0.39, 0.29) is 10.7 Å². The summed E-state index contributed by atoms with van der Waals surface area (Å²) in [6, 6.07) is 11.6. The molecule has 1 aliphatic heterocycles. The van der Waals surface area contributed by atoms with Crippen LogP contribution in [0.15, 0.2) is 42.5 Å². The van der Waals surface area contributed by atoms with Gasteiger partial charge in [0, 0.05) is 36.9 Å². The molecule has 134 valence electrons. The van der Waals surface area contributed by atoms with Crippen molar-refractivity contribution < 1.29 is 17.9 Å². The number of ether oxygens (including phenoxy) is 1. The molecule has 2 aromatic carbocycles. The van der Waals surface area contributed by atoms with Crippen molar-refractivity contribution in [2.45, 2.75) is 6.18 Å².